The summed E-state index contributed by atoms with van der Waals surface area (Å²) in [6, 6.07) is 0.0766. The van der Waals surface area contributed by atoms with Gasteiger partial charge in [-0.1, -0.05) is 6.92 Å². The molecule has 1 saturated heterocycles. The largest absolute Gasteiger partial charge is 0.444 e. The molecule has 0 spiro atoms. The fraction of sp³-hybridized carbons (Fsp3) is 0.733. The Bertz CT molecular complexity index is 583. The lowest BCUT2D eigenvalue weighted by Gasteiger charge is -2.33. The highest BCUT2D eigenvalue weighted by Gasteiger charge is 2.29. The Hall–Kier alpha value is -2.12. The van der Waals surface area contributed by atoms with E-state index in [-0.39, 0.29) is 17.8 Å². The Morgan fingerprint density at radius 2 is 2.04 bits per heavy atom. The standard InChI is InChI=1S/C15H24N4O4/c1-5-12-13(19(21)22)10-18(16-12)11-6-8-17(9-7-11)14(20)23-15(2,3)4/h10-11H,5-9H2,1-4H3. The number of carbonyl (C=O) groups is 1. The third kappa shape index (κ3) is 4.20. The molecule has 8 nitrogen and oxygen atoms in total. The molecule has 2 heterocycles. The molecule has 0 radical (unpaired) electrons. The van der Waals surface area contributed by atoms with Crippen LogP contribution in [0.1, 0.15) is 52.3 Å². The van der Waals surface area contributed by atoms with Gasteiger partial charge in [0.05, 0.1) is 11.0 Å². The predicted molar refractivity (Wildman–Crippen MR) is 84.3 cm³/mol. The molecule has 1 aliphatic heterocycles. The Morgan fingerprint density at radius 1 is 1.43 bits per heavy atom. The van der Waals surface area contributed by atoms with Crippen molar-refractivity contribution in [1.82, 2.24) is 14.7 Å². The fourth-order valence-corrected chi connectivity index (χ4v) is 2.65. The summed E-state index contributed by atoms with van der Waals surface area (Å²) in [5.41, 5.74) is 0.0682. The number of hydrogen-bond donors (Lipinski definition) is 0. The fourth-order valence-electron chi connectivity index (χ4n) is 2.65. The van der Waals surface area contributed by atoms with Crippen LogP contribution in [0.5, 0.6) is 0 Å². The zero-order valence-corrected chi connectivity index (χ0v) is 14.1. The maximum absolute atomic E-state index is 12.0. The van der Waals surface area contributed by atoms with Crippen molar-refractivity contribution >= 4 is 11.8 Å². The zero-order valence-electron chi connectivity index (χ0n) is 14.1. The van der Waals surface area contributed by atoms with Gasteiger partial charge in [0.2, 0.25) is 0 Å². The topological polar surface area (TPSA) is 90.5 Å². The summed E-state index contributed by atoms with van der Waals surface area (Å²) in [7, 11) is 0. The van der Waals surface area contributed by atoms with Gasteiger partial charge in [-0.05, 0) is 40.0 Å². The Morgan fingerprint density at radius 3 is 2.48 bits per heavy atom. The molecule has 128 valence electrons. The highest BCUT2D eigenvalue weighted by molar-refractivity contribution is 5.68. The molecule has 1 aliphatic rings. The second-order valence-corrected chi connectivity index (χ2v) is 6.75. The van der Waals surface area contributed by atoms with E-state index in [1.54, 1.807) is 9.58 Å². The van der Waals surface area contributed by atoms with Crippen LogP contribution in [0, 0.1) is 10.1 Å². The summed E-state index contributed by atoms with van der Waals surface area (Å²) in [6.45, 7) is 8.50. The number of ether oxygens (including phenoxy) is 1. The average Bonchev–Trinajstić information content (AvgIpc) is 2.90. The third-order valence-electron chi connectivity index (χ3n) is 3.81. The van der Waals surface area contributed by atoms with Crippen molar-refractivity contribution < 1.29 is 14.5 Å². The summed E-state index contributed by atoms with van der Waals surface area (Å²) in [5, 5.41) is 15.4. The van der Waals surface area contributed by atoms with E-state index in [0.29, 0.717) is 38.0 Å². The van der Waals surface area contributed by atoms with E-state index in [4.69, 9.17) is 4.74 Å². The van der Waals surface area contributed by atoms with Crippen LogP contribution in [-0.4, -0.2) is 44.4 Å². The van der Waals surface area contributed by atoms with Crippen molar-refractivity contribution in [2.24, 2.45) is 0 Å². The lowest BCUT2D eigenvalue weighted by Crippen LogP contribution is -2.42. The predicted octanol–water partition coefficient (Wildman–Crippen LogP) is 2.93. The molecule has 23 heavy (non-hydrogen) atoms. The molecule has 0 unspecified atom stereocenters. The van der Waals surface area contributed by atoms with Gasteiger partial charge in [0.1, 0.15) is 17.5 Å². The molecule has 1 aromatic rings. The van der Waals surface area contributed by atoms with E-state index in [2.05, 4.69) is 5.10 Å². The van der Waals surface area contributed by atoms with Crippen LogP contribution in [0.25, 0.3) is 0 Å². The highest BCUT2D eigenvalue weighted by Crippen LogP contribution is 2.27. The SMILES string of the molecule is CCc1nn(C2CCN(C(=O)OC(C)(C)C)CC2)cc1[N+](=O)[O-]. The van der Waals surface area contributed by atoms with Gasteiger partial charge in [0, 0.05) is 13.1 Å². The van der Waals surface area contributed by atoms with Gasteiger partial charge in [-0.3, -0.25) is 14.8 Å². The van der Waals surface area contributed by atoms with E-state index in [1.165, 1.54) is 6.20 Å². The molecular formula is C15H24N4O4. The van der Waals surface area contributed by atoms with Crippen molar-refractivity contribution in [2.45, 2.75) is 58.6 Å². The number of rotatable bonds is 3. The van der Waals surface area contributed by atoms with E-state index >= 15 is 0 Å². The Balaban J connectivity index is 1.99. The molecule has 0 aliphatic carbocycles. The van der Waals surface area contributed by atoms with Gasteiger partial charge in [-0.2, -0.15) is 5.10 Å². The molecule has 1 fully saturated rings. The minimum absolute atomic E-state index is 0.0714. The van der Waals surface area contributed by atoms with E-state index in [9.17, 15) is 14.9 Å². The number of nitro groups is 1. The number of aromatic nitrogens is 2. The first-order valence-corrected chi connectivity index (χ1v) is 7.91. The summed E-state index contributed by atoms with van der Waals surface area (Å²) in [5.74, 6) is 0. The van der Waals surface area contributed by atoms with Gasteiger partial charge in [-0.25, -0.2) is 4.79 Å². The molecule has 0 bridgehead atoms. The normalized spacial score (nSPS) is 16.4. The molecule has 0 N–H and O–H groups in total. The summed E-state index contributed by atoms with van der Waals surface area (Å²) in [4.78, 5) is 24.4. The monoisotopic (exact) mass is 324 g/mol. The van der Waals surface area contributed by atoms with Gasteiger partial charge in [0.25, 0.3) is 0 Å². The molecule has 8 heteroatoms. The van der Waals surface area contributed by atoms with Crippen molar-refractivity contribution in [3.05, 3.63) is 22.0 Å². The minimum Gasteiger partial charge on any atom is -0.444 e. The molecule has 2 rings (SSSR count). The minimum atomic E-state index is -0.507. The number of likely N-dealkylation sites (tertiary alicyclic amines) is 1. The zero-order chi connectivity index (χ0) is 17.2. The van der Waals surface area contributed by atoms with E-state index in [1.807, 2.05) is 27.7 Å². The molecule has 0 atom stereocenters. The quantitative estimate of drug-likeness (QED) is 0.630. The smallest absolute Gasteiger partial charge is 0.410 e. The second kappa shape index (κ2) is 6.55. The van der Waals surface area contributed by atoms with Crippen LogP contribution < -0.4 is 0 Å². The number of amides is 1. The average molecular weight is 324 g/mol. The van der Waals surface area contributed by atoms with Crippen LogP contribution in [0.2, 0.25) is 0 Å². The highest BCUT2D eigenvalue weighted by atomic mass is 16.6. The molecule has 0 aromatic carbocycles. The van der Waals surface area contributed by atoms with Crippen LogP contribution in [0.3, 0.4) is 0 Å². The summed E-state index contributed by atoms with van der Waals surface area (Å²) in [6.07, 6.45) is 3.14. The number of hydrogen-bond acceptors (Lipinski definition) is 5. The van der Waals surface area contributed by atoms with Gasteiger partial charge < -0.3 is 9.64 Å². The van der Waals surface area contributed by atoms with Crippen molar-refractivity contribution in [3.63, 3.8) is 0 Å². The molecule has 0 saturated carbocycles. The van der Waals surface area contributed by atoms with Gasteiger partial charge in [-0.15, -0.1) is 0 Å². The van der Waals surface area contributed by atoms with Crippen molar-refractivity contribution in [3.8, 4) is 0 Å². The van der Waals surface area contributed by atoms with Crippen molar-refractivity contribution in [1.29, 1.82) is 0 Å². The van der Waals surface area contributed by atoms with Crippen LogP contribution in [0.4, 0.5) is 10.5 Å². The lowest BCUT2D eigenvalue weighted by molar-refractivity contribution is -0.385. The summed E-state index contributed by atoms with van der Waals surface area (Å²) >= 11 is 0. The molecule has 1 aromatic heterocycles. The first-order chi connectivity index (χ1) is 10.7. The summed E-state index contributed by atoms with van der Waals surface area (Å²) < 4.78 is 7.05. The van der Waals surface area contributed by atoms with Crippen molar-refractivity contribution in [2.75, 3.05) is 13.1 Å². The number of nitrogens with zero attached hydrogens (tertiary/aromatic N) is 4. The first-order valence-electron chi connectivity index (χ1n) is 7.91. The Kier molecular flexibility index (Phi) is 4.91. The van der Waals surface area contributed by atoms with Gasteiger partial charge in [0.15, 0.2) is 0 Å². The molecule has 1 amide bonds. The second-order valence-electron chi connectivity index (χ2n) is 6.75. The molecular weight excluding hydrogens is 300 g/mol. The number of piperidine rings is 1. The van der Waals surface area contributed by atoms with E-state index < -0.39 is 10.5 Å². The van der Waals surface area contributed by atoms with Crippen LogP contribution in [-0.2, 0) is 11.2 Å². The first kappa shape index (κ1) is 17.2. The number of carbonyl (C=O) groups excluding carboxylic acids is 1. The van der Waals surface area contributed by atoms with E-state index in [0.717, 1.165) is 0 Å². The third-order valence-corrected chi connectivity index (χ3v) is 3.81. The van der Waals surface area contributed by atoms with Crippen LogP contribution in [0.15, 0.2) is 6.20 Å². The maximum atomic E-state index is 12.0. The Labute approximate surface area is 135 Å². The lowest BCUT2D eigenvalue weighted by atomic mass is 10.1. The number of aryl methyl sites for hydroxylation is 1. The maximum Gasteiger partial charge on any atom is 0.410 e. The van der Waals surface area contributed by atoms with Gasteiger partial charge >= 0.3 is 11.8 Å². The van der Waals surface area contributed by atoms with Crippen LogP contribution >= 0.6 is 0 Å².